The lowest BCUT2D eigenvalue weighted by molar-refractivity contribution is -0.139. The van der Waals surface area contributed by atoms with Gasteiger partial charge in [0.1, 0.15) is 6.04 Å². The predicted octanol–water partition coefficient (Wildman–Crippen LogP) is 1.89. The fourth-order valence-corrected chi connectivity index (χ4v) is 4.96. The maximum Gasteiger partial charge on any atom is 0.244 e. The Bertz CT molecular complexity index is 416. The zero-order valence-electron chi connectivity index (χ0n) is 11.7. The lowest BCUT2D eigenvalue weighted by Gasteiger charge is -2.43. The summed E-state index contributed by atoms with van der Waals surface area (Å²) in [6.45, 7) is 4.22. The van der Waals surface area contributed by atoms with Gasteiger partial charge in [-0.3, -0.25) is 9.59 Å². The van der Waals surface area contributed by atoms with E-state index in [0.29, 0.717) is 6.42 Å². The SMILES string of the molecule is CCC1(NC(=O)C2CSC3(C)CCC(=O)N23)CCC1. The van der Waals surface area contributed by atoms with Crippen molar-refractivity contribution in [2.75, 3.05) is 5.75 Å². The van der Waals surface area contributed by atoms with E-state index in [1.54, 1.807) is 11.8 Å². The van der Waals surface area contributed by atoms with E-state index in [4.69, 9.17) is 0 Å². The molecule has 1 aliphatic carbocycles. The van der Waals surface area contributed by atoms with Crippen molar-refractivity contribution in [1.82, 2.24) is 10.2 Å². The highest BCUT2D eigenvalue weighted by molar-refractivity contribution is 8.01. The van der Waals surface area contributed by atoms with Gasteiger partial charge in [0.05, 0.1) is 4.87 Å². The van der Waals surface area contributed by atoms with Crippen LogP contribution < -0.4 is 5.32 Å². The molecular formula is C14H22N2O2S. The topological polar surface area (TPSA) is 49.4 Å². The summed E-state index contributed by atoms with van der Waals surface area (Å²) in [6.07, 6.45) is 5.82. The standard InChI is InChI=1S/C14H22N2O2S/c1-3-14(6-4-7-14)15-12(18)10-9-19-13(2)8-5-11(17)16(10)13/h10H,3-9H2,1-2H3,(H,15,18). The summed E-state index contributed by atoms with van der Waals surface area (Å²) in [5.74, 6) is 0.952. The Morgan fingerprint density at radius 3 is 2.79 bits per heavy atom. The van der Waals surface area contributed by atoms with Crippen LogP contribution in [0.15, 0.2) is 0 Å². The molecule has 2 saturated heterocycles. The van der Waals surface area contributed by atoms with Crippen molar-refractivity contribution < 1.29 is 9.59 Å². The molecule has 2 heterocycles. The third-order valence-corrected chi connectivity index (χ3v) is 6.63. The number of nitrogens with one attached hydrogen (secondary N) is 1. The predicted molar refractivity (Wildman–Crippen MR) is 75.7 cm³/mol. The van der Waals surface area contributed by atoms with Crippen LogP contribution in [0.1, 0.15) is 52.4 Å². The molecule has 19 heavy (non-hydrogen) atoms. The highest BCUT2D eigenvalue weighted by Crippen LogP contribution is 2.47. The Balaban J connectivity index is 1.72. The quantitative estimate of drug-likeness (QED) is 0.860. The summed E-state index contributed by atoms with van der Waals surface area (Å²) >= 11 is 1.76. The van der Waals surface area contributed by atoms with Gasteiger partial charge < -0.3 is 10.2 Å². The Morgan fingerprint density at radius 1 is 1.47 bits per heavy atom. The zero-order valence-corrected chi connectivity index (χ0v) is 12.5. The third-order valence-electron chi connectivity index (χ3n) is 5.12. The lowest BCUT2D eigenvalue weighted by atomic mass is 9.74. The number of carbonyl (C=O) groups excluding carboxylic acids is 2. The molecule has 2 atom stereocenters. The summed E-state index contributed by atoms with van der Waals surface area (Å²) in [7, 11) is 0. The van der Waals surface area contributed by atoms with Gasteiger partial charge in [-0.1, -0.05) is 6.92 Å². The molecule has 3 rings (SSSR count). The minimum absolute atomic E-state index is 0.0174. The van der Waals surface area contributed by atoms with Crippen LogP contribution in [0.25, 0.3) is 0 Å². The third kappa shape index (κ3) is 1.97. The maximum atomic E-state index is 12.5. The van der Waals surface area contributed by atoms with Gasteiger partial charge in [-0.05, 0) is 39.0 Å². The molecule has 0 aromatic rings. The van der Waals surface area contributed by atoms with Crippen molar-refractivity contribution in [1.29, 1.82) is 0 Å². The summed E-state index contributed by atoms with van der Waals surface area (Å²) in [5.41, 5.74) is 0.0174. The van der Waals surface area contributed by atoms with Gasteiger partial charge in [0.2, 0.25) is 11.8 Å². The van der Waals surface area contributed by atoms with Gasteiger partial charge >= 0.3 is 0 Å². The van der Waals surface area contributed by atoms with Gasteiger partial charge in [-0.15, -0.1) is 11.8 Å². The van der Waals surface area contributed by atoms with E-state index in [-0.39, 0.29) is 28.3 Å². The van der Waals surface area contributed by atoms with Crippen molar-refractivity contribution in [3.05, 3.63) is 0 Å². The molecule has 0 radical (unpaired) electrons. The first-order chi connectivity index (χ1) is 9.00. The second-order valence-electron chi connectivity index (χ2n) is 6.24. The average Bonchev–Trinajstić information content (AvgIpc) is 2.82. The first-order valence-corrected chi connectivity index (χ1v) is 8.26. The molecule has 3 fully saturated rings. The normalized spacial score (nSPS) is 36.0. The van der Waals surface area contributed by atoms with Crippen molar-refractivity contribution in [3.8, 4) is 0 Å². The van der Waals surface area contributed by atoms with Crippen LogP contribution in [0, 0.1) is 0 Å². The first-order valence-electron chi connectivity index (χ1n) is 7.28. The van der Waals surface area contributed by atoms with E-state index in [9.17, 15) is 9.59 Å². The van der Waals surface area contributed by atoms with E-state index in [1.807, 2.05) is 4.90 Å². The summed E-state index contributed by atoms with van der Waals surface area (Å²) in [6, 6.07) is -0.256. The van der Waals surface area contributed by atoms with E-state index < -0.39 is 0 Å². The number of hydrogen-bond donors (Lipinski definition) is 1. The molecule has 0 bridgehead atoms. The van der Waals surface area contributed by atoms with Crippen LogP contribution >= 0.6 is 11.8 Å². The van der Waals surface area contributed by atoms with Crippen LogP contribution in [-0.2, 0) is 9.59 Å². The number of hydrogen-bond acceptors (Lipinski definition) is 3. The van der Waals surface area contributed by atoms with E-state index >= 15 is 0 Å². The molecule has 0 aromatic carbocycles. The molecular weight excluding hydrogens is 260 g/mol. The molecule has 2 amide bonds. The van der Waals surface area contributed by atoms with E-state index in [1.165, 1.54) is 6.42 Å². The summed E-state index contributed by atoms with van der Waals surface area (Å²) in [4.78, 5) is 26.3. The average molecular weight is 282 g/mol. The van der Waals surface area contributed by atoms with Crippen LogP contribution in [0.4, 0.5) is 0 Å². The van der Waals surface area contributed by atoms with E-state index in [2.05, 4.69) is 19.2 Å². The Morgan fingerprint density at radius 2 is 2.21 bits per heavy atom. The summed E-state index contributed by atoms with van der Waals surface area (Å²) < 4.78 is 0. The van der Waals surface area contributed by atoms with Crippen LogP contribution in [0.5, 0.6) is 0 Å². The molecule has 1 N–H and O–H groups in total. The number of thioether (sulfide) groups is 1. The molecule has 1 saturated carbocycles. The van der Waals surface area contributed by atoms with Crippen LogP contribution in [0.2, 0.25) is 0 Å². The number of amides is 2. The zero-order chi connectivity index (χ0) is 13.7. The summed E-state index contributed by atoms with van der Waals surface area (Å²) in [5, 5.41) is 3.23. The number of carbonyl (C=O) groups is 2. The van der Waals surface area contributed by atoms with Crippen LogP contribution in [0.3, 0.4) is 0 Å². The molecule has 0 aromatic heterocycles. The van der Waals surface area contributed by atoms with Crippen LogP contribution in [-0.4, -0.2) is 38.9 Å². The molecule has 3 aliphatic rings. The van der Waals surface area contributed by atoms with Crippen molar-refractivity contribution >= 4 is 23.6 Å². The molecule has 2 unspecified atom stereocenters. The van der Waals surface area contributed by atoms with Gasteiger partial charge in [-0.25, -0.2) is 0 Å². The Kier molecular flexibility index (Phi) is 3.08. The first kappa shape index (κ1) is 13.3. The second-order valence-corrected chi connectivity index (χ2v) is 7.74. The minimum atomic E-state index is -0.256. The number of rotatable bonds is 3. The molecule has 0 spiro atoms. The smallest absolute Gasteiger partial charge is 0.244 e. The highest BCUT2D eigenvalue weighted by Gasteiger charge is 2.53. The van der Waals surface area contributed by atoms with Crippen molar-refractivity contribution in [2.24, 2.45) is 0 Å². The van der Waals surface area contributed by atoms with Gasteiger partial charge in [-0.2, -0.15) is 0 Å². The van der Waals surface area contributed by atoms with Crippen molar-refractivity contribution in [2.45, 2.75) is 68.8 Å². The molecule has 5 heteroatoms. The second kappa shape index (κ2) is 4.40. The largest absolute Gasteiger partial charge is 0.349 e. The van der Waals surface area contributed by atoms with Gasteiger partial charge in [0, 0.05) is 17.7 Å². The monoisotopic (exact) mass is 282 g/mol. The number of fused-ring (bicyclic) bond motifs is 1. The Hall–Kier alpha value is -0.710. The molecule has 106 valence electrons. The lowest BCUT2D eigenvalue weighted by Crippen LogP contribution is -2.59. The van der Waals surface area contributed by atoms with Gasteiger partial charge in [0.25, 0.3) is 0 Å². The molecule has 2 aliphatic heterocycles. The fraction of sp³-hybridized carbons (Fsp3) is 0.857. The maximum absolute atomic E-state index is 12.5. The fourth-order valence-electron chi connectivity index (χ4n) is 3.53. The van der Waals surface area contributed by atoms with Gasteiger partial charge in [0.15, 0.2) is 0 Å². The number of nitrogens with zero attached hydrogens (tertiary/aromatic N) is 1. The molecule has 4 nitrogen and oxygen atoms in total. The van der Waals surface area contributed by atoms with E-state index in [0.717, 1.165) is 31.4 Å². The highest BCUT2D eigenvalue weighted by atomic mass is 32.2. The Labute approximate surface area is 118 Å². The minimum Gasteiger partial charge on any atom is -0.349 e. The van der Waals surface area contributed by atoms with Crippen molar-refractivity contribution in [3.63, 3.8) is 0 Å².